The van der Waals surface area contributed by atoms with Crippen molar-refractivity contribution < 1.29 is 0 Å². The average molecular weight is 279 g/mol. The topological polar surface area (TPSA) is 86.5 Å². The van der Waals surface area contributed by atoms with Gasteiger partial charge in [-0.2, -0.15) is 5.26 Å². The lowest BCUT2D eigenvalue weighted by atomic mass is 10.1. The standard InChI is InChI=1S/C12H17N5OS/c1-12(6-13,14-8-2-3-8)7-19-11-16-15-10(18)17(11)9-4-5-9/h8-9,14H,2-5,7H2,1H3,(H,15,18). The van der Waals surface area contributed by atoms with Crippen LogP contribution in [0, 0.1) is 11.3 Å². The number of nitrogens with one attached hydrogen (secondary N) is 2. The molecule has 3 rings (SSSR count). The van der Waals surface area contributed by atoms with Gasteiger partial charge in [-0.05, 0) is 32.6 Å². The number of hydrogen-bond donors (Lipinski definition) is 2. The fourth-order valence-electron chi connectivity index (χ4n) is 2.04. The van der Waals surface area contributed by atoms with E-state index in [1.807, 2.05) is 6.92 Å². The highest BCUT2D eigenvalue weighted by Gasteiger charge is 2.34. The Morgan fingerprint density at radius 3 is 2.89 bits per heavy atom. The molecule has 2 saturated carbocycles. The Hall–Kier alpha value is -1.26. The number of rotatable bonds is 6. The van der Waals surface area contributed by atoms with E-state index in [1.54, 1.807) is 4.57 Å². The van der Waals surface area contributed by atoms with Gasteiger partial charge in [0.2, 0.25) is 0 Å². The summed E-state index contributed by atoms with van der Waals surface area (Å²) in [7, 11) is 0. The van der Waals surface area contributed by atoms with Gasteiger partial charge in [0.15, 0.2) is 5.16 Å². The van der Waals surface area contributed by atoms with Crippen LogP contribution in [0.4, 0.5) is 0 Å². The van der Waals surface area contributed by atoms with E-state index >= 15 is 0 Å². The summed E-state index contributed by atoms with van der Waals surface area (Å²) in [4.78, 5) is 11.7. The van der Waals surface area contributed by atoms with Gasteiger partial charge < -0.3 is 0 Å². The minimum atomic E-state index is -0.560. The molecule has 2 N–H and O–H groups in total. The van der Waals surface area contributed by atoms with Gasteiger partial charge in [-0.15, -0.1) is 5.10 Å². The first kappa shape index (κ1) is 12.8. The SMILES string of the molecule is CC(C#N)(CSc1n[nH]c(=O)n1C1CC1)NC1CC1. The van der Waals surface area contributed by atoms with Gasteiger partial charge in [-0.1, -0.05) is 11.8 Å². The maximum atomic E-state index is 11.7. The zero-order chi connectivity index (χ0) is 13.5. The molecule has 2 fully saturated rings. The van der Waals surface area contributed by atoms with Crippen LogP contribution in [-0.4, -0.2) is 32.1 Å². The Balaban J connectivity index is 1.68. The van der Waals surface area contributed by atoms with Gasteiger partial charge in [0.1, 0.15) is 5.54 Å². The monoisotopic (exact) mass is 279 g/mol. The van der Waals surface area contributed by atoms with Crippen LogP contribution in [0.3, 0.4) is 0 Å². The van der Waals surface area contributed by atoms with Crippen LogP contribution in [0.25, 0.3) is 0 Å². The molecule has 0 spiro atoms. The van der Waals surface area contributed by atoms with Gasteiger partial charge in [0, 0.05) is 17.8 Å². The van der Waals surface area contributed by atoms with Crippen molar-refractivity contribution in [3.63, 3.8) is 0 Å². The normalized spacial score (nSPS) is 21.9. The van der Waals surface area contributed by atoms with E-state index in [0.29, 0.717) is 23.0 Å². The van der Waals surface area contributed by atoms with Gasteiger partial charge in [0.05, 0.1) is 6.07 Å². The minimum Gasteiger partial charge on any atom is -0.296 e. The maximum Gasteiger partial charge on any atom is 0.344 e. The number of thioether (sulfide) groups is 1. The van der Waals surface area contributed by atoms with E-state index in [9.17, 15) is 10.1 Å². The molecular formula is C12H17N5OS. The molecule has 0 aliphatic heterocycles. The predicted molar refractivity (Wildman–Crippen MR) is 72.0 cm³/mol. The molecule has 1 atom stereocenters. The molecule has 0 aromatic carbocycles. The smallest absolute Gasteiger partial charge is 0.296 e. The lowest BCUT2D eigenvalue weighted by molar-refractivity contribution is 0.489. The molecular weight excluding hydrogens is 262 g/mol. The Labute approximate surface area is 115 Å². The summed E-state index contributed by atoms with van der Waals surface area (Å²) >= 11 is 1.47. The summed E-state index contributed by atoms with van der Waals surface area (Å²) in [5, 5.41) is 19.9. The zero-order valence-corrected chi connectivity index (χ0v) is 11.7. The molecule has 19 heavy (non-hydrogen) atoms. The van der Waals surface area contributed by atoms with E-state index in [-0.39, 0.29) is 5.69 Å². The molecule has 0 radical (unpaired) electrons. The lowest BCUT2D eigenvalue weighted by Gasteiger charge is -2.22. The van der Waals surface area contributed by atoms with Crippen molar-refractivity contribution in [1.29, 1.82) is 5.26 Å². The summed E-state index contributed by atoms with van der Waals surface area (Å²) < 4.78 is 1.72. The average Bonchev–Trinajstić information content (AvgIpc) is 3.30. The summed E-state index contributed by atoms with van der Waals surface area (Å²) in [6.07, 6.45) is 4.39. The third-order valence-corrected chi connectivity index (χ3v) is 4.69. The molecule has 0 bridgehead atoms. The second kappa shape index (κ2) is 4.69. The third-order valence-electron chi connectivity index (χ3n) is 3.42. The van der Waals surface area contributed by atoms with Crippen molar-refractivity contribution in [2.24, 2.45) is 0 Å². The molecule has 1 aromatic rings. The first-order chi connectivity index (χ1) is 9.11. The van der Waals surface area contributed by atoms with Crippen LogP contribution in [0.2, 0.25) is 0 Å². The van der Waals surface area contributed by atoms with Gasteiger partial charge in [-0.25, -0.2) is 9.89 Å². The summed E-state index contributed by atoms with van der Waals surface area (Å²) in [6.45, 7) is 1.91. The van der Waals surface area contributed by atoms with Crippen LogP contribution in [0.15, 0.2) is 9.95 Å². The summed E-state index contributed by atoms with van der Waals surface area (Å²) in [6, 6.07) is 3.12. The molecule has 0 saturated heterocycles. The molecule has 1 heterocycles. The number of hydrogen-bond acceptors (Lipinski definition) is 5. The van der Waals surface area contributed by atoms with E-state index < -0.39 is 5.54 Å². The number of nitrogens with zero attached hydrogens (tertiary/aromatic N) is 3. The van der Waals surface area contributed by atoms with Gasteiger partial charge in [0.25, 0.3) is 0 Å². The summed E-state index contributed by atoms with van der Waals surface area (Å²) in [5.74, 6) is 0.594. The molecule has 6 nitrogen and oxygen atoms in total. The van der Waals surface area contributed by atoms with Gasteiger partial charge in [-0.3, -0.25) is 9.88 Å². The first-order valence-electron chi connectivity index (χ1n) is 6.60. The van der Waals surface area contributed by atoms with Crippen molar-refractivity contribution in [2.75, 3.05) is 5.75 Å². The Morgan fingerprint density at radius 1 is 1.58 bits per heavy atom. The van der Waals surface area contributed by atoms with Crippen molar-refractivity contribution in [3.8, 4) is 6.07 Å². The lowest BCUT2D eigenvalue weighted by Crippen LogP contribution is -2.44. The molecule has 1 aromatic heterocycles. The second-order valence-electron chi connectivity index (χ2n) is 5.56. The molecule has 102 valence electrons. The van der Waals surface area contributed by atoms with Crippen molar-refractivity contribution in [1.82, 2.24) is 20.1 Å². The minimum absolute atomic E-state index is 0.140. The quantitative estimate of drug-likeness (QED) is 0.760. The van der Waals surface area contributed by atoms with Crippen molar-refractivity contribution in [3.05, 3.63) is 10.5 Å². The van der Waals surface area contributed by atoms with Crippen LogP contribution in [-0.2, 0) is 0 Å². The highest BCUT2D eigenvalue weighted by atomic mass is 32.2. The highest BCUT2D eigenvalue weighted by molar-refractivity contribution is 7.99. The van der Waals surface area contributed by atoms with Crippen LogP contribution in [0.1, 0.15) is 38.6 Å². The van der Waals surface area contributed by atoms with Crippen molar-refractivity contribution in [2.45, 2.75) is 55.4 Å². The van der Waals surface area contributed by atoms with E-state index in [4.69, 9.17) is 0 Å². The van der Waals surface area contributed by atoms with Crippen LogP contribution in [0.5, 0.6) is 0 Å². The first-order valence-corrected chi connectivity index (χ1v) is 7.58. The van der Waals surface area contributed by atoms with E-state index in [2.05, 4.69) is 21.6 Å². The third kappa shape index (κ3) is 2.85. The van der Waals surface area contributed by atoms with Crippen LogP contribution < -0.4 is 11.0 Å². The largest absolute Gasteiger partial charge is 0.344 e. The summed E-state index contributed by atoms with van der Waals surface area (Å²) in [5.41, 5.74) is -0.700. The van der Waals surface area contributed by atoms with E-state index in [1.165, 1.54) is 11.8 Å². The highest BCUT2D eigenvalue weighted by Crippen LogP contribution is 2.36. The molecule has 7 heteroatoms. The Kier molecular flexibility index (Phi) is 3.15. The fraction of sp³-hybridized carbons (Fsp3) is 0.750. The number of nitriles is 1. The number of aromatic nitrogens is 3. The molecule has 0 amide bonds. The number of H-pyrrole nitrogens is 1. The molecule has 1 unspecified atom stereocenters. The van der Waals surface area contributed by atoms with Gasteiger partial charge >= 0.3 is 5.69 Å². The maximum absolute atomic E-state index is 11.7. The molecule has 2 aliphatic carbocycles. The van der Waals surface area contributed by atoms with Crippen LogP contribution >= 0.6 is 11.8 Å². The zero-order valence-electron chi connectivity index (χ0n) is 10.8. The van der Waals surface area contributed by atoms with Crippen molar-refractivity contribution >= 4 is 11.8 Å². The predicted octanol–water partition coefficient (Wildman–Crippen LogP) is 1.03. The Bertz CT molecular complexity index is 565. The fourth-order valence-corrected chi connectivity index (χ4v) is 3.09. The van der Waals surface area contributed by atoms with E-state index in [0.717, 1.165) is 25.7 Å². The number of aromatic amines is 1. The molecule has 2 aliphatic rings. The second-order valence-corrected chi connectivity index (χ2v) is 6.51. The Morgan fingerprint density at radius 2 is 2.32 bits per heavy atom.